The van der Waals surface area contributed by atoms with Crippen molar-refractivity contribution >= 4 is 17.2 Å². The van der Waals surface area contributed by atoms with Crippen molar-refractivity contribution in [3.8, 4) is 10.6 Å². The van der Waals surface area contributed by atoms with Gasteiger partial charge in [-0.05, 0) is 32.9 Å². The van der Waals surface area contributed by atoms with Crippen LogP contribution in [0.25, 0.3) is 10.6 Å². The summed E-state index contributed by atoms with van der Waals surface area (Å²) >= 11 is 1.76. The lowest BCUT2D eigenvalue weighted by Gasteiger charge is -2.09. The average Bonchev–Trinajstić information content (AvgIpc) is 2.67. The SMILES string of the molecule is CNc1nc(C)nc(-c2ccc(C)s2)c1C. The maximum absolute atomic E-state index is 4.52. The minimum Gasteiger partial charge on any atom is -0.373 e. The highest BCUT2D eigenvalue weighted by molar-refractivity contribution is 7.15. The molecule has 0 aliphatic heterocycles. The fourth-order valence-corrected chi connectivity index (χ4v) is 2.59. The van der Waals surface area contributed by atoms with Gasteiger partial charge in [0.2, 0.25) is 0 Å². The molecule has 0 spiro atoms. The molecule has 0 aliphatic rings. The van der Waals surface area contributed by atoms with Crippen LogP contribution in [0.2, 0.25) is 0 Å². The van der Waals surface area contributed by atoms with Gasteiger partial charge in [0.25, 0.3) is 0 Å². The van der Waals surface area contributed by atoms with Gasteiger partial charge in [-0.2, -0.15) is 0 Å². The zero-order valence-corrected chi connectivity index (χ0v) is 10.8. The van der Waals surface area contributed by atoms with Gasteiger partial charge in [-0.3, -0.25) is 0 Å². The molecule has 0 amide bonds. The summed E-state index contributed by atoms with van der Waals surface area (Å²) in [5.41, 5.74) is 2.14. The Balaban J connectivity index is 2.60. The number of rotatable bonds is 2. The standard InChI is InChI=1S/C12H15N3S/c1-7-5-6-10(16-7)11-8(2)12(13-4)15-9(3)14-11/h5-6H,1-4H3,(H,13,14,15). The number of aromatic nitrogens is 2. The van der Waals surface area contributed by atoms with Gasteiger partial charge in [-0.1, -0.05) is 0 Å². The Bertz CT molecular complexity index is 517. The Morgan fingerprint density at radius 3 is 2.44 bits per heavy atom. The fourth-order valence-electron chi connectivity index (χ4n) is 1.67. The first kappa shape index (κ1) is 11.1. The third kappa shape index (κ3) is 1.93. The van der Waals surface area contributed by atoms with Crippen molar-refractivity contribution in [2.45, 2.75) is 20.8 Å². The number of hydrogen-bond donors (Lipinski definition) is 1. The molecular weight excluding hydrogens is 218 g/mol. The van der Waals surface area contributed by atoms with Crippen molar-refractivity contribution in [1.82, 2.24) is 9.97 Å². The lowest BCUT2D eigenvalue weighted by Crippen LogP contribution is -2.01. The second-order valence-corrected chi connectivity index (χ2v) is 5.04. The van der Waals surface area contributed by atoms with E-state index in [1.807, 2.05) is 14.0 Å². The molecule has 0 fully saturated rings. The molecule has 0 saturated heterocycles. The van der Waals surface area contributed by atoms with Crippen molar-refractivity contribution in [3.05, 3.63) is 28.4 Å². The molecule has 0 radical (unpaired) electrons. The number of anilines is 1. The smallest absolute Gasteiger partial charge is 0.133 e. The van der Waals surface area contributed by atoms with E-state index < -0.39 is 0 Å². The summed E-state index contributed by atoms with van der Waals surface area (Å²) < 4.78 is 0. The summed E-state index contributed by atoms with van der Waals surface area (Å²) in [5.74, 6) is 1.71. The normalized spacial score (nSPS) is 10.5. The van der Waals surface area contributed by atoms with Crippen LogP contribution in [0, 0.1) is 20.8 Å². The second kappa shape index (κ2) is 4.22. The van der Waals surface area contributed by atoms with Gasteiger partial charge in [0, 0.05) is 17.5 Å². The molecule has 2 aromatic heterocycles. The fraction of sp³-hybridized carbons (Fsp3) is 0.333. The molecule has 0 atom stereocenters. The lowest BCUT2D eigenvalue weighted by molar-refractivity contribution is 1.04. The first-order valence-corrected chi connectivity index (χ1v) is 6.03. The Hall–Kier alpha value is -1.42. The second-order valence-electron chi connectivity index (χ2n) is 3.75. The van der Waals surface area contributed by atoms with E-state index >= 15 is 0 Å². The zero-order chi connectivity index (χ0) is 11.7. The monoisotopic (exact) mass is 233 g/mol. The maximum Gasteiger partial charge on any atom is 0.133 e. The molecular formula is C12H15N3S. The molecule has 16 heavy (non-hydrogen) atoms. The summed E-state index contributed by atoms with van der Waals surface area (Å²) in [5, 5.41) is 3.11. The van der Waals surface area contributed by atoms with E-state index in [4.69, 9.17) is 0 Å². The Morgan fingerprint density at radius 1 is 1.12 bits per heavy atom. The van der Waals surface area contributed by atoms with E-state index in [1.54, 1.807) is 11.3 Å². The number of nitrogens with one attached hydrogen (secondary N) is 1. The van der Waals surface area contributed by atoms with Crippen LogP contribution in [0.1, 0.15) is 16.3 Å². The summed E-state index contributed by atoms with van der Waals surface area (Å²) in [6.07, 6.45) is 0. The zero-order valence-electron chi connectivity index (χ0n) is 9.96. The van der Waals surface area contributed by atoms with Crippen LogP contribution in [0.4, 0.5) is 5.82 Å². The van der Waals surface area contributed by atoms with Crippen molar-refractivity contribution < 1.29 is 0 Å². The van der Waals surface area contributed by atoms with Crippen LogP contribution < -0.4 is 5.32 Å². The quantitative estimate of drug-likeness (QED) is 0.865. The predicted octanol–water partition coefficient (Wildman–Crippen LogP) is 3.17. The molecule has 4 heteroatoms. The number of hydrogen-bond acceptors (Lipinski definition) is 4. The molecule has 84 valence electrons. The van der Waals surface area contributed by atoms with Crippen LogP contribution in [0.3, 0.4) is 0 Å². The third-order valence-corrected chi connectivity index (χ3v) is 3.48. The van der Waals surface area contributed by atoms with Crippen LogP contribution in [-0.4, -0.2) is 17.0 Å². The molecule has 0 aliphatic carbocycles. The van der Waals surface area contributed by atoms with E-state index in [-0.39, 0.29) is 0 Å². The molecule has 0 unspecified atom stereocenters. The average molecular weight is 233 g/mol. The molecule has 2 rings (SSSR count). The van der Waals surface area contributed by atoms with Gasteiger partial charge >= 0.3 is 0 Å². The topological polar surface area (TPSA) is 37.8 Å². The first-order valence-electron chi connectivity index (χ1n) is 5.21. The van der Waals surface area contributed by atoms with E-state index in [0.717, 1.165) is 22.9 Å². The van der Waals surface area contributed by atoms with E-state index in [9.17, 15) is 0 Å². The Kier molecular flexibility index (Phi) is 2.92. The highest BCUT2D eigenvalue weighted by atomic mass is 32.1. The highest BCUT2D eigenvalue weighted by Crippen LogP contribution is 2.30. The number of nitrogens with zero attached hydrogens (tertiary/aromatic N) is 2. The number of thiophene rings is 1. The maximum atomic E-state index is 4.52. The highest BCUT2D eigenvalue weighted by Gasteiger charge is 2.11. The van der Waals surface area contributed by atoms with E-state index in [1.165, 1.54) is 9.75 Å². The van der Waals surface area contributed by atoms with Crippen molar-refractivity contribution in [1.29, 1.82) is 0 Å². The number of aryl methyl sites for hydroxylation is 2. The minimum atomic E-state index is 0.802. The van der Waals surface area contributed by atoms with Crippen LogP contribution in [0.5, 0.6) is 0 Å². The molecule has 2 heterocycles. The molecule has 3 nitrogen and oxygen atoms in total. The first-order chi connectivity index (χ1) is 7.61. The van der Waals surface area contributed by atoms with E-state index in [0.29, 0.717) is 0 Å². The molecule has 0 saturated carbocycles. The van der Waals surface area contributed by atoms with Gasteiger partial charge in [0.1, 0.15) is 11.6 Å². The summed E-state index contributed by atoms with van der Waals surface area (Å²) in [4.78, 5) is 11.4. The van der Waals surface area contributed by atoms with Crippen LogP contribution >= 0.6 is 11.3 Å². The van der Waals surface area contributed by atoms with Gasteiger partial charge in [0.05, 0.1) is 10.6 Å². The largest absolute Gasteiger partial charge is 0.373 e. The Morgan fingerprint density at radius 2 is 1.88 bits per heavy atom. The van der Waals surface area contributed by atoms with E-state index in [2.05, 4.69) is 41.3 Å². The van der Waals surface area contributed by atoms with Crippen molar-refractivity contribution in [3.63, 3.8) is 0 Å². The summed E-state index contributed by atoms with van der Waals surface area (Å²) in [7, 11) is 1.89. The summed E-state index contributed by atoms with van der Waals surface area (Å²) in [6.45, 7) is 6.08. The van der Waals surface area contributed by atoms with Crippen LogP contribution in [0.15, 0.2) is 12.1 Å². The van der Waals surface area contributed by atoms with Gasteiger partial charge < -0.3 is 5.32 Å². The van der Waals surface area contributed by atoms with Gasteiger partial charge in [0.15, 0.2) is 0 Å². The molecule has 0 aromatic carbocycles. The van der Waals surface area contributed by atoms with Crippen molar-refractivity contribution in [2.24, 2.45) is 0 Å². The Labute approximate surface area is 99.6 Å². The molecule has 2 aromatic rings. The molecule has 0 bridgehead atoms. The van der Waals surface area contributed by atoms with Crippen molar-refractivity contribution in [2.75, 3.05) is 12.4 Å². The van der Waals surface area contributed by atoms with Gasteiger partial charge in [-0.25, -0.2) is 9.97 Å². The molecule has 1 N–H and O–H groups in total. The van der Waals surface area contributed by atoms with Crippen LogP contribution in [-0.2, 0) is 0 Å². The minimum absolute atomic E-state index is 0.802. The predicted molar refractivity (Wildman–Crippen MR) is 69.1 cm³/mol. The van der Waals surface area contributed by atoms with Gasteiger partial charge in [-0.15, -0.1) is 11.3 Å². The lowest BCUT2D eigenvalue weighted by atomic mass is 10.2. The third-order valence-electron chi connectivity index (χ3n) is 2.47. The summed E-state index contributed by atoms with van der Waals surface area (Å²) in [6, 6.07) is 4.24.